The van der Waals surface area contributed by atoms with Gasteiger partial charge in [0.1, 0.15) is 11.7 Å². The van der Waals surface area contributed by atoms with Gasteiger partial charge in [0.05, 0.1) is 17.6 Å². The van der Waals surface area contributed by atoms with E-state index in [0.29, 0.717) is 28.6 Å². The van der Waals surface area contributed by atoms with Crippen LogP contribution in [0.3, 0.4) is 0 Å². The van der Waals surface area contributed by atoms with Crippen molar-refractivity contribution in [1.29, 1.82) is 0 Å². The van der Waals surface area contributed by atoms with Crippen molar-refractivity contribution < 1.29 is 9.26 Å². The first-order chi connectivity index (χ1) is 14.2. The molecule has 0 atom stereocenters. The van der Waals surface area contributed by atoms with E-state index in [2.05, 4.69) is 35.7 Å². The molecular formula is C18H15N9O2. The van der Waals surface area contributed by atoms with E-state index < -0.39 is 0 Å². The van der Waals surface area contributed by atoms with E-state index >= 15 is 0 Å². The van der Waals surface area contributed by atoms with Crippen LogP contribution in [-0.2, 0) is 6.61 Å². The second-order valence-corrected chi connectivity index (χ2v) is 6.30. The predicted octanol–water partition coefficient (Wildman–Crippen LogP) is 1.98. The van der Waals surface area contributed by atoms with E-state index in [9.17, 15) is 0 Å². The quantitative estimate of drug-likeness (QED) is 0.444. The minimum atomic E-state index is 0.0782. The van der Waals surface area contributed by atoms with Gasteiger partial charge in [-0.05, 0) is 36.4 Å². The molecule has 5 rings (SSSR count). The minimum absolute atomic E-state index is 0.0782. The summed E-state index contributed by atoms with van der Waals surface area (Å²) in [6.45, 7) is 3.82. The van der Waals surface area contributed by atoms with Crippen LogP contribution >= 0.6 is 0 Å². The normalized spacial score (nSPS) is 11.2. The maximum atomic E-state index is 5.89. The van der Waals surface area contributed by atoms with Gasteiger partial charge in [0.15, 0.2) is 18.1 Å². The van der Waals surface area contributed by atoms with Gasteiger partial charge in [-0.25, -0.2) is 14.6 Å². The van der Waals surface area contributed by atoms with Gasteiger partial charge in [-0.15, -0.1) is 5.10 Å². The third kappa shape index (κ3) is 2.88. The summed E-state index contributed by atoms with van der Waals surface area (Å²) in [5, 5.41) is 20.7. The van der Waals surface area contributed by atoms with Crippen molar-refractivity contribution >= 4 is 11.0 Å². The van der Waals surface area contributed by atoms with E-state index in [4.69, 9.17) is 9.26 Å². The number of nitrogens with zero attached hydrogens (tertiary/aromatic N) is 9. The molecule has 5 aromatic rings. The Morgan fingerprint density at radius 3 is 2.72 bits per heavy atom. The maximum Gasteiger partial charge on any atom is 0.258 e. The first kappa shape index (κ1) is 17.0. The number of para-hydroxylation sites is 1. The summed E-state index contributed by atoms with van der Waals surface area (Å²) in [4.78, 5) is 8.58. The van der Waals surface area contributed by atoms with Crippen LogP contribution in [-0.4, -0.2) is 45.1 Å². The summed E-state index contributed by atoms with van der Waals surface area (Å²) >= 11 is 0. The van der Waals surface area contributed by atoms with Gasteiger partial charge < -0.3 is 9.26 Å². The zero-order valence-electron chi connectivity index (χ0n) is 15.6. The third-order valence-corrected chi connectivity index (χ3v) is 4.53. The Kier molecular flexibility index (Phi) is 3.97. The number of hydrogen-bond acceptors (Lipinski definition) is 9. The highest BCUT2D eigenvalue weighted by Gasteiger charge is 2.18. The van der Waals surface area contributed by atoms with Crippen molar-refractivity contribution in [1.82, 2.24) is 45.1 Å². The Morgan fingerprint density at radius 1 is 1.07 bits per heavy atom. The van der Waals surface area contributed by atoms with Crippen LogP contribution in [0.5, 0.6) is 5.88 Å². The molecular weight excluding hydrogens is 374 g/mol. The van der Waals surface area contributed by atoms with E-state index in [1.807, 2.05) is 44.2 Å². The molecule has 11 heteroatoms. The Morgan fingerprint density at radius 2 is 1.93 bits per heavy atom. The van der Waals surface area contributed by atoms with E-state index in [1.165, 1.54) is 11.0 Å². The van der Waals surface area contributed by atoms with Crippen molar-refractivity contribution in [2.75, 3.05) is 0 Å². The van der Waals surface area contributed by atoms with Gasteiger partial charge in [0.2, 0.25) is 5.88 Å². The first-order valence-corrected chi connectivity index (χ1v) is 8.80. The van der Waals surface area contributed by atoms with Gasteiger partial charge >= 0.3 is 0 Å². The third-order valence-electron chi connectivity index (χ3n) is 4.53. The Hall–Kier alpha value is -4.15. The van der Waals surface area contributed by atoms with E-state index in [0.717, 1.165) is 16.9 Å². The van der Waals surface area contributed by atoms with Gasteiger partial charge in [0, 0.05) is 5.56 Å². The monoisotopic (exact) mass is 389 g/mol. The van der Waals surface area contributed by atoms with E-state index in [1.54, 1.807) is 10.9 Å². The fourth-order valence-electron chi connectivity index (χ4n) is 2.88. The largest absolute Gasteiger partial charge is 0.469 e. The van der Waals surface area contributed by atoms with Gasteiger partial charge in [-0.2, -0.15) is 9.78 Å². The standard InChI is InChI=1S/C18H15N9O2/c1-11-12(2)23-29-18(11)27-15(22-24-25-27)9-28-17-14-8-21-26(16(14)19-10-20-17)13-6-4-3-5-7-13/h3-8,10H,9H2,1-2H3. The lowest BCUT2D eigenvalue weighted by atomic mass is 10.3. The highest BCUT2D eigenvalue weighted by molar-refractivity contribution is 5.81. The summed E-state index contributed by atoms with van der Waals surface area (Å²) in [5.74, 6) is 1.29. The Bertz CT molecular complexity index is 1290. The highest BCUT2D eigenvalue weighted by atomic mass is 16.5. The first-order valence-electron chi connectivity index (χ1n) is 8.80. The van der Waals surface area contributed by atoms with Gasteiger partial charge in [0.25, 0.3) is 5.88 Å². The Balaban J connectivity index is 1.45. The topological polar surface area (TPSA) is 122 Å². The summed E-state index contributed by atoms with van der Waals surface area (Å²) in [6.07, 6.45) is 3.11. The molecule has 4 heterocycles. The highest BCUT2D eigenvalue weighted by Crippen LogP contribution is 2.24. The lowest BCUT2D eigenvalue weighted by molar-refractivity contribution is 0.280. The second-order valence-electron chi connectivity index (χ2n) is 6.30. The lowest BCUT2D eigenvalue weighted by Crippen LogP contribution is -2.08. The lowest BCUT2D eigenvalue weighted by Gasteiger charge is -2.06. The smallest absolute Gasteiger partial charge is 0.258 e. The van der Waals surface area contributed by atoms with Crippen molar-refractivity contribution in [2.45, 2.75) is 20.5 Å². The second kappa shape index (κ2) is 6.78. The van der Waals surface area contributed by atoms with Gasteiger partial charge in [-0.1, -0.05) is 23.4 Å². The molecule has 0 radical (unpaired) electrons. The predicted molar refractivity (Wildman–Crippen MR) is 99.7 cm³/mol. The SMILES string of the molecule is Cc1noc(-n2nnnc2COc2ncnc3c2cnn3-c2ccccc2)c1C. The number of fused-ring (bicyclic) bond motifs is 1. The fourth-order valence-corrected chi connectivity index (χ4v) is 2.88. The molecule has 11 nitrogen and oxygen atoms in total. The average Bonchev–Trinajstić information content (AvgIpc) is 3.47. The molecule has 144 valence electrons. The molecule has 29 heavy (non-hydrogen) atoms. The van der Waals surface area contributed by atoms with E-state index in [-0.39, 0.29) is 6.61 Å². The number of ether oxygens (including phenoxy) is 1. The number of benzene rings is 1. The summed E-state index contributed by atoms with van der Waals surface area (Å²) in [6, 6.07) is 9.72. The van der Waals surface area contributed by atoms with Crippen LogP contribution in [0.1, 0.15) is 17.1 Å². The fraction of sp³-hybridized carbons (Fsp3) is 0.167. The molecule has 0 fully saturated rings. The molecule has 1 aromatic carbocycles. The van der Waals surface area contributed by atoms with Gasteiger partial charge in [-0.3, -0.25) is 0 Å². The molecule has 0 unspecified atom stereocenters. The number of hydrogen-bond donors (Lipinski definition) is 0. The summed E-state index contributed by atoms with van der Waals surface area (Å²) in [5.41, 5.74) is 3.16. The Labute approximate surface area is 163 Å². The molecule has 0 saturated heterocycles. The minimum Gasteiger partial charge on any atom is -0.469 e. The molecule has 0 aliphatic carbocycles. The maximum absolute atomic E-state index is 5.89. The van der Waals surface area contributed by atoms with Crippen LogP contribution in [0.25, 0.3) is 22.6 Å². The molecule has 0 aliphatic heterocycles. The van der Waals surface area contributed by atoms with Crippen LogP contribution in [0.2, 0.25) is 0 Å². The average molecular weight is 389 g/mol. The number of aromatic nitrogens is 9. The number of aryl methyl sites for hydroxylation is 1. The molecule has 0 aliphatic rings. The van der Waals surface area contributed by atoms with Crippen LogP contribution in [0.4, 0.5) is 0 Å². The molecule has 0 N–H and O–H groups in total. The molecule has 0 amide bonds. The zero-order chi connectivity index (χ0) is 19.8. The van der Waals surface area contributed by atoms with Crippen molar-refractivity contribution in [3.8, 4) is 17.5 Å². The summed E-state index contributed by atoms with van der Waals surface area (Å²) in [7, 11) is 0. The number of tetrazole rings is 1. The van der Waals surface area contributed by atoms with Crippen LogP contribution in [0, 0.1) is 13.8 Å². The summed E-state index contributed by atoms with van der Waals surface area (Å²) < 4.78 is 14.4. The van der Waals surface area contributed by atoms with Crippen molar-refractivity contribution in [3.63, 3.8) is 0 Å². The van der Waals surface area contributed by atoms with Crippen molar-refractivity contribution in [3.05, 3.63) is 59.9 Å². The van der Waals surface area contributed by atoms with Crippen molar-refractivity contribution in [2.24, 2.45) is 0 Å². The van der Waals surface area contributed by atoms with Crippen LogP contribution in [0.15, 0.2) is 47.4 Å². The molecule has 0 spiro atoms. The molecule has 0 saturated carbocycles. The molecule has 0 bridgehead atoms. The van der Waals surface area contributed by atoms with Crippen LogP contribution < -0.4 is 4.74 Å². The number of rotatable bonds is 5. The molecule has 4 aromatic heterocycles. The zero-order valence-corrected chi connectivity index (χ0v) is 15.6.